The molecule has 2 heterocycles. The van der Waals surface area contributed by atoms with Crippen molar-refractivity contribution in [3.63, 3.8) is 0 Å². The number of aromatic nitrogens is 1. The highest BCUT2D eigenvalue weighted by molar-refractivity contribution is 7.22. The lowest BCUT2D eigenvalue weighted by molar-refractivity contribution is -0.136. The number of nitrogens with one attached hydrogen (secondary N) is 1. The number of carboxylic acid groups (broad SMARTS) is 1. The molecular formula is C15H19N3O3S. The van der Waals surface area contributed by atoms with Crippen LogP contribution in [0.25, 0.3) is 10.2 Å². The minimum absolute atomic E-state index is 0.0492. The number of nitrogens with zero attached hydrogens (tertiary/aromatic N) is 2. The van der Waals surface area contributed by atoms with E-state index < -0.39 is 5.97 Å². The third kappa shape index (κ3) is 3.94. The van der Waals surface area contributed by atoms with E-state index >= 15 is 0 Å². The minimum Gasteiger partial charge on any atom is -0.481 e. The number of morpholine rings is 1. The van der Waals surface area contributed by atoms with E-state index in [0.29, 0.717) is 0 Å². The Morgan fingerprint density at radius 1 is 1.41 bits per heavy atom. The number of anilines is 1. The molecule has 1 aromatic heterocycles. The second-order valence-corrected chi connectivity index (χ2v) is 6.30. The molecule has 1 saturated heterocycles. The third-order valence-corrected chi connectivity index (χ3v) is 4.59. The summed E-state index contributed by atoms with van der Waals surface area (Å²) in [7, 11) is 0. The number of benzene rings is 1. The number of ether oxygens (including phenoxy) is 1. The maximum atomic E-state index is 10.8. The summed E-state index contributed by atoms with van der Waals surface area (Å²) in [6, 6.07) is 5.62. The Balaban J connectivity index is 1.58. The number of aliphatic carboxylic acids is 1. The maximum absolute atomic E-state index is 10.8. The molecule has 6 nitrogen and oxygen atoms in total. The molecule has 1 aliphatic heterocycles. The second-order valence-electron chi connectivity index (χ2n) is 5.27. The van der Waals surface area contributed by atoms with Crippen LogP contribution < -0.4 is 5.32 Å². The predicted molar refractivity (Wildman–Crippen MR) is 86.7 cm³/mol. The van der Waals surface area contributed by atoms with Gasteiger partial charge in [-0.1, -0.05) is 17.4 Å². The third-order valence-electron chi connectivity index (χ3n) is 3.62. The van der Waals surface area contributed by atoms with Crippen LogP contribution in [-0.4, -0.2) is 60.4 Å². The highest BCUT2D eigenvalue weighted by Gasteiger charge is 2.10. The number of thiazole rings is 1. The molecule has 2 aromatic rings. The van der Waals surface area contributed by atoms with Crippen LogP contribution in [-0.2, 0) is 16.0 Å². The Morgan fingerprint density at radius 3 is 3.00 bits per heavy atom. The molecule has 2 N–H and O–H groups in total. The van der Waals surface area contributed by atoms with Gasteiger partial charge in [0.2, 0.25) is 0 Å². The monoisotopic (exact) mass is 321 g/mol. The van der Waals surface area contributed by atoms with Crippen LogP contribution in [0.1, 0.15) is 5.56 Å². The van der Waals surface area contributed by atoms with Gasteiger partial charge < -0.3 is 15.2 Å². The van der Waals surface area contributed by atoms with Crippen molar-refractivity contribution in [3.05, 3.63) is 23.8 Å². The first-order chi connectivity index (χ1) is 10.7. The fraction of sp³-hybridized carbons (Fsp3) is 0.467. The van der Waals surface area contributed by atoms with Crippen LogP contribution in [0.5, 0.6) is 0 Å². The number of fused-ring (bicyclic) bond motifs is 1. The number of carboxylic acids is 1. The van der Waals surface area contributed by atoms with Crippen LogP contribution in [0.15, 0.2) is 18.2 Å². The molecule has 0 amide bonds. The van der Waals surface area contributed by atoms with Gasteiger partial charge in [-0.3, -0.25) is 9.69 Å². The summed E-state index contributed by atoms with van der Waals surface area (Å²) in [4.78, 5) is 17.7. The van der Waals surface area contributed by atoms with Gasteiger partial charge in [0.25, 0.3) is 0 Å². The largest absolute Gasteiger partial charge is 0.481 e. The predicted octanol–water partition coefficient (Wildman–Crippen LogP) is 1.67. The molecule has 7 heteroatoms. The number of carbonyl (C=O) groups is 1. The Hall–Kier alpha value is -1.70. The average molecular weight is 321 g/mol. The summed E-state index contributed by atoms with van der Waals surface area (Å²) in [6.07, 6.45) is 0.0492. The van der Waals surface area contributed by atoms with Crippen molar-refractivity contribution in [1.82, 2.24) is 9.88 Å². The normalized spacial score (nSPS) is 16.0. The van der Waals surface area contributed by atoms with E-state index in [0.717, 1.165) is 60.3 Å². The van der Waals surface area contributed by atoms with Crippen LogP contribution in [0.4, 0.5) is 5.13 Å². The zero-order valence-electron chi connectivity index (χ0n) is 12.2. The molecule has 1 aromatic carbocycles. The molecule has 1 fully saturated rings. The van der Waals surface area contributed by atoms with Crippen LogP contribution in [0, 0.1) is 0 Å². The lowest BCUT2D eigenvalue weighted by atomic mass is 10.1. The van der Waals surface area contributed by atoms with Gasteiger partial charge in [0.15, 0.2) is 5.13 Å². The molecular weight excluding hydrogens is 302 g/mol. The molecule has 118 valence electrons. The Kier molecular flexibility index (Phi) is 4.87. The highest BCUT2D eigenvalue weighted by Crippen LogP contribution is 2.26. The average Bonchev–Trinajstić information content (AvgIpc) is 2.89. The lowest BCUT2D eigenvalue weighted by Crippen LogP contribution is -2.38. The van der Waals surface area contributed by atoms with Gasteiger partial charge in [0, 0.05) is 26.2 Å². The Morgan fingerprint density at radius 2 is 2.23 bits per heavy atom. The number of hydrogen-bond donors (Lipinski definition) is 2. The van der Waals surface area contributed by atoms with E-state index in [1.54, 1.807) is 11.3 Å². The summed E-state index contributed by atoms with van der Waals surface area (Å²) in [6.45, 7) is 5.42. The standard InChI is InChI=1S/C15H19N3O3S/c19-14(20)10-11-1-2-12-13(9-11)22-15(17-12)16-3-4-18-5-7-21-8-6-18/h1-2,9H,3-8,10H2,(H,16,17)(H,19,20). The van der Waals surface area contributed by atoms with E-state index in [-0.39, 0.29) is 6.42 Å². The first-order valence-electron chi connectivity index (χ1n) is 7.36. The fourth-order valence-electron chi connectivity index (χ4n) is 2.47. The van der Waals surface area contributed by atoms with E-state index in [1.807, 2.05) is 18.2 Å². The van der Waals surface area contributed by atoms with Crippen molar-refractivity contribution < 1.29 is 14.6 Å². The van der Waals surface area contributed by atoms with Crippen LogP contribution >= 0.6 is 11.3 Å². The zero-order valence-corrected chi connectivity index (χ0v) is 13.1. The second kappa shape index (κ2) is 7.04. The number of hydrogen-bond acceptors (Lipinski definition) is 6. The topological polar surface area (TPSA) is 74.7 Å². The summed E-state index contributed by atoms with van der Waals surface area (Å²) < 4.78 is 6.35. The van der Waals surface area contributed by atoms with Gasteiger partial charge in [-0.25, -0.2) is 4.98 Å². The van der Waals surface area contributed by atoms with Gasteiger partial charge in [0.1, 0.15) is 0 Å². The Labute approximate surface area is 132 Å². The Bertz CT molecular complexity index is 653. The molecule has 0 unspecified atom stereocenters. The van der Waals surface area contributed by atoms with Gasteiger partial charge in [-0.05, 0) is 17.7 Å². The summed E-state index contributed by atoms with van der Waals surface area (Å²) in [5, 5.41) is 13.1. The molecule has 3 rings (SSSR count). The summed E-state index contributed by atoms with van der Waals surface area (Å²) in [5.41, 5.74) is 1.72. The molecule has 22 heavy (non-hydrogen) atoms. The van der Waals surface area contributed by atoms with Crippen molar-refractivity contribution in [2.24, 2.45) is 0 Å². The molecule has 1 aliphatic rings. The van der Waals surface area contributed by atoms with Crippen molar-refractivity contribution in [3.8, 4) is 0 Å². The lowest BCUT2D eigenvalue weighted by Gasteiger charge is -2.26. The van der Waals surface area contributed by atoms with Crippen molar-refractivity contribution in [2.75, 3.05) is 44.7 Å². The quantitative estimate of drug-likeness (QED) is 0.843. The molecule has 0 radical (unpaired) electrons. The zero-order chi connectivity index (χ0) is 15.4. The van der Waals surface area contributed by atoms with Gasteiger partial charge in [0.05, 0.1) is 29.9 Å². The molecule has 0 spiro atoms. The first-order valence-corrected chi connectivity index (χ1v) is 8.17. The van der Waals surface area contributed by atoms with Crippen LogP contribution in [0.3, 0.4) is 0 Å². The fourth-order valence-corrected chi connectivity index (χ4v) is 3.43. The van der Waals surface area contributed by atoms with E-state index in [1.165, 1.54) is 0 Å². The van der Waals surface area contributed by atoms with E-state index in [2.05, 4.69) is 15.2 Å². The number of rotatable bonds is 6. The molecule has 0 saturated carbocycles. The van der Waals surface area contributed by atoms with E-state index in [9.17, 15) is 4.79 Å². The van der Waals surface area contributed by atoms with Gasteiger partial charge in [-0.2, -0.15) is 0 Å². The highest BCUT2D eigenvalue weighted by atomic mass is 32.1. The van der Waals surface area contributed by atoms with Crippen molar-refractivity contribution >= 4 is 32.7 Å². The molecule has 0 bridgehead atoms. The van der Waals surface area contributed by atoms with E-state index in [4.69, 9.17) is 9.84 Å². The maximum Gasteiger partial charge on any atom is 0.307 e. The summed E-state index contributed by atoms with van der Waals surface area (Å²) >= 11 is 1.57. The molecule has 0 atom stereocenters. The van der Waals surface area contributed by atoms with Gasteiger partial charge >= 0.3 is 5.97 Å². The van der Waals surface area contributed by atoms with Crippen LogP contribution in [0.2, 0.25) is 0 Å². The smallest absolute Gasteiger partial charge is 0.307 e. The van der Waals surface area contributed by atoms with Crippen molar-refractivity contribution in [1.29, 1.82) is 0 Å². The molecule has 0 aliphatic carbocycles. The first kappa shape index (κ1) is 15.2. The SMILES string of the molecule is O=C(O)Cc1ccc2nc(NCCN3CCOCC3)sc2c1. The van der Waals surface area contributed by atoms with Gasteiger partial charge in [-0.15, -0.1) is 0 Å². The minimum atomic E-state index is -0.812. The van der Waals surface area contributed by atoms with Crippen molar-refractivity contribution in [2.45, 2.75) is 6.42 Å². The summed E-state index contributed by atoms with van der Waals surface area (Å²) in [5.74, 6) is -0.812.